The van der Waals surface area contributed by atoms with E-state index in [-0.39, 0.29) is 10.5 Å². The van der Waals surface area contributed by atoms with Gasteiger partial charge in [0.1, 0.15) is 0 Å². The summed E-state index contributed by atoms with van der Waals surface area (Å²) < 4.78 is 28.1. The zero-order valence-electron chi connectivity index (χ0n) is 16.0. The zero-order valence-corrected chi connectivity index (χ0v) is 16.8. The fourth-order valence-electron chi connectivity index (χ4n) is 2.72. The van der Waals surface area contributed by atoms with Crippen LogP contribution in [0.1, 0.15) is 34.0 Å². The van der Waals surface area contributed by atoms with Crippen LogP contribution in [0.4, 0.5) is 5.69 Å². The largest absolute Gasteiger partial charge is 0.449 e. The second kappa shape index (κ2) is 7.92. The fourth-order valence-corrected chi connectivity index (χ4v) is 3.35. The molecule has 2 rings (SSSR count). The van der Waals surface area contributed by atoms with Crippen LogP contribution in [0.25, 0.3) is 0 Å². The van der Waals surface area contributed by atoms with Crippen molar-refractivity contribution in [2.75, 3.05) is 11.6 Å². The minimum Gasteiger partial charge on any atom is -0.449 e. The molecule has 0 saturated heterocycles. The number of benzene rings is 2. The van der Waals surface area contributed by atoms with E-state index >= 15 is 0 Å². The summed E-state index contributed by atoms with van der Waals surface area (Å²) in [5, 5.41) is 2.80. The molecule has 0 saturated carbocycles. The van der Waals surface area contributed by atoms with E-state index in [9.17, 15) is 18.0 Å². The van der Waals surface area contributed by atoms with Crippen LogP contribution in [-0.2, 0) is 19.4 Å². The number of hydrogen-bond donors (Lipinski definition) is 1. The molecule has 2 aromatic carbocycles. The minimum atomic E-state index is -3.34. The van der Waals surface area contributed by atoms with Gasteiger partial charge in [-0.2, -0.15) is 0 Å². The van der Waals surface area contributed by atoms with E-state index in [2.05, 4.69) is 5.32 Å². The predicted octanol–water partition coefficient (Wildman–Crippen LogP) is 3.20. The van der Waals surface area contributed by atoms with Crippen molar-refractivity contribution in [3.63, 3.8) is 0 Å². The molecule has 0 heterocycles. The summed E-state index contributed by atoms with van der Waals surface area (Å²) in [7, 11) is -3.34. The number of ether oxygens (including phenoxy) is 1. The van der Waals surface area contributed by atoms with Crippen molar-refractivity contribution in [3.8, 4) is 0 Å². The van der Waals surface area contributed by atoms with E-state index in [0.29, 0.717) is 5.69 Å². The number of amides is 1. The summed E-state index contributed by atoms with van der Waals surface area (Å²) in [5.41, 5.74) is 3.82. The van der Waals surface area contributed by atoms with E-state index in [0.717, 1.165) is 22.9 Å². The number of hydrogen-bond acceptors (Lipinski definition) is 5. The van der Waals surface area contributed by atoms with Crippen LogP contribution < -0.4 is 5.32 Å². The molecular weight excluding hydrogens is 366 g/mol. The van der Waals surface area contributed by atoms with Crippen LogP contribution in [0.15, 0.2) is 41.3 Å². The number of aryl methyl sites for hydroxylation is 3. The maximum absolute atomic E-state index is 12.4. The van der Waals surface area contributed by atoms with Crippen LogP contribution >= 0.6 is 0 Å². The molecule has 0 radical (unpaired) electrons. The second-order valence-corrected chi connectivity index (χ2v) is 8.62. The van der Waals surface area contributed by atoms with Gasteiger partial charge in [-0.3, -0.25) is 4.79 Å². The summed E-state index contributed by atoms with van der Waals surface area (Å²) in [4.78, 5) is 24.7. The first-order chi connectivity index (χ1) is 12.5. The molecule has 0 aromatic heterocycles. The van der Waals surface area contributed by atoms with Crippen molar-refractivity contribution in [1.82, 2.24) is 0 Å². The quantitative estimate of drug-likeness (QED) is 0.793. The van der Waals surface area contributed by atoms with Gasteiger partial charge in [0.2, 0.25) is 0 Å². The lowest BCUT2D eigenvalue weighted by molar-refractivity contribution is -0.123. The van der Waals surface area contributed by atoms with Crippen molar-refractivity contribution < 1.29 is 22.7 Å². The van der Waals surface area contributed by atoms with Gasteiger partial charge in [-0.1, -0.05) is 17.7 Å². The number of carbonyl (C=O) groups excluding carboxylic acids is 2. The van der Waals surface area contributed by atoms with Crippen molar-refractivity contribution in [1.29, 1.82) is 0 Å². The molecule has 0 spiro atoms. The Labute approximate surface area is 159 Å². The monoisotopic (exact) mass is 389 g/mol. The lowest BCUT2D eigenvalue weighted by atomic mass is 10.0. The highest BCUT2D eigenvalue weighted by molar-refractivity contribution is 7.90. The third kappa shape index (κ3) is 5.17. The average Bonchev–Trinajstić information content (AvgIpc) is 2.57. The van der Waals surface area contributed by atoms with E-state index in [4.69, 9.17) is 4.74 Å². The van der Waals surface area contributed by atoms with Gasteiger partial charge < -0.3 is 10.1 Å². The molecule has 0 aliphatic heterocycles. The normalized spacial score (nSPS) is 12.3. The molecule has 7 heteroatoms. The van der Waals surface area contributed by atoms with Crippen LogP contribution in [0.2, 0.25) is 0 Å². The highest BCUT2D eigenvalue weighted by Crippen LogP contribution is 2.22. The van der Waals surface area contributed by atoms with Crippen LogP contribution in [0, 0.1) is 20.8 Å². The third-order valence-corrected chi connectivity index (χ3v) is 5.22. The number of rotatable bonds is 5. The molecule has 0 aliphatic carbocycles. The molecular formula is C20H23NO5S. The van der Waals surface area contributed by atoms with Gasteiger partial charge in [0.15, 0.2) is 15.9 Å². The van der Waals surface area contributed by atoms with Gasteiger partial charge in [0, 0.05) is 11.9 Å². The van der Waals surface area contributed by atoms with Crippen molar-refractivity contribution in [2.45, 2.75) is 38.7 Å². The molecule has 1 N–H and O–H groups in total. The number of anilines is 1. The SMILES string of the molecule is Cc1cc(C)c(NC(=O)[C@H](C)OC(=O)c2ccc(S(C)(=O)=O)cc2)c(C)c1. The molecule has 0 bridgehead atoms. The number of carbonyl (C=O) groups is 2. The van der Waals surface area contributed by atoms with E-state index in [1.165, 1.54) is 31.2 Å². The van der Waals surface area contributed by atoms with Gasteiger partial charge in [-0.15, -0.1) is 0 Å². The van der Waals surface area contributed by atoms with E-state index in [1.807, 2.05) is 32.9 Å². The summed E-state index contributed by atoms with van der Waals surface area (Å²) in [6.45, 7) is 7.26. The van der Waals surface area contributed by atoms with Crippen LogP contribution in [-0.4, -0.2) is 32.7 Å². The first kappa shape index (κ1) is 20.6. The Kier molecular flexibility index (Phi) is 6.05. The summed E-state index contributed by atoms with van der Waals surface area (Å²) in [6.07, 6.45) is 0.0779. The zero-order chi connectivity index (χ0) is 20.4. The van der Waals surface area contributed by atoms with Gasteiger partial charge in [0.25, 0.3) is 5.91 Å². The Hall–Kier alpha value is -2.67. The average molecular weight is 389 g/mol. The molecule has 1 atom stereocenters. The standard InChI is InChI=1S/C20H23NO5S/c1-12-10-13(2)18(14(3)11-12)21-19(22)15(4)26-20(23)16-6-8-17(9-7-16)27(5,24)25/h6-11,15H,1-5H3,(H,21,22)/t15-/m0/s1. The summed E-state index contributed by atoms with van der Waals surface area (Å²) >= 11 is 0. The van der Waals surface area contributed by atoms with Crippen LogP contribution in [0.5, 0.6) is 0 Å². The predicted molar refractivity (Wildman–Crippen MR) is 104 cm³/mol. The molecule has 1 amide bonds. The Balaban J connectivity index is 2.07. The second-order valence-electron chi connectivity index (χ2n) is 6.61. The van der Waals surface area contributed by atoms with Crippen molar-refractivity contribution in [3.05, 3.63) is 58.7 Å². The molecule has 2 aromatic rings. The van der Waals surface area contributed by atoms with Gasteiger partial charge in [-0.25, -0.2) is 13.2 Å². The fraction of sp³-hybridized carbons (Fsp3) is 0.300. The molecule has 27 heavy (non-hydrogen) atoms. The topological polar surface area (TPSA) is 89.5 Å². The molecule has 144 valence electrons. The first-order valence-corrected chi connectivity index (χ1v) is 10.3. The maximum atomic E-state index is 12.4. The minimum absolute atomic E-state index is 0.107. The number of sulfone groups is 1. The summed E-state index contributed by atoms with van der Waals surface area (Å²) in [6, 6.07) is 9.30. The van der Waals surface area contributed by atoms with Crippen molar-refractivity contribution in [2.24, 2.45) is 0 Å². The highest BCUT2D eigenvalue weighted by atomic mass is 32.2. The van der Waals surface area contributed by atoms with Crippen molar-refractivity contribution >= 4 is 27.4 Å². The molecule has 0 fully saturated rings. The lowest BCUT2D eigenvalue weighted by Gasteiger charge is -2.17. The van der Waals surface area contributed by atoms with Crippen LogP contribution in [0.3, 0.4) is 0 Å². The van der Waals surface area contributed by atoms with E-state index < -0.39 is 27.8 Å². The summed E-state index contributed by atoms with van der Waals surface area (Å²) in [5.74, 6) is -1.14. The first-order valence-electron chi connectivity index (χ1n) is 8.39. The number of nitrogens with one attached hydrogen (secondary N) is 1. The maximum Gasteiger partial charge on any atom is 0.338 e. The Morgan fingerprint density at radius 1 is 1.00 bits per heavy atom. The lowest BCUT2D eigenvalue weighted by Crippen LogP contribution is -2.30. The molecule has 0 unspecified atom stereocenters. The molecule has 0 aliphatic rings. The smallest absolute Gasteiger partial charge is 0.338 e. The third-order valence-electron chi connectivity index (χ3n) is 4.10. The Bertz CT molecular complexity index is 955. The van der Waals surface area contributed by atoms with Gasteiger partial charge >= 0.3 is 5.97 Å². The van der Waals surface area contributed by atoms with Gasteiger partial charge in [0.05, 0.1) is 10.5 Å². The van der Waals surface area contributed by atoms with Gasteiger partial charge in [-0.05, 0) is 63.1 Å². The molecule has 6 nitrogen and oxygen atoms in total. The highest BCUT2D eigenvalue weighted by Gasteiger charge is 2.20. The van der Waals surface area contributed by atoms with E-state index in [1.54, 1.807) is 0 Å². The number of esters is 1. The Morgan fingerprint density at radius 3 is 2.00 bits per heavy atom. The Morgan fingerprint density at radius 2 is 1.52 bits per heavy atom.